The summed E-state index contributed by atoms with van der Waals surface area (Å²) in [6, 6.07) is 6.28. The van der Waals surface area contributed by atoms with Gasteiger partial charge < -0.3 is 9.80 Å². The molecule has 2 aliphatic rings. The Hall–Kier alpha value is -0.480. The molecule has 3 atom stereocenters. The smallest absolute Gasteiger partial charge is 0.227 e. The van der Waals surface area contributed by atoms with E-state index in [1.807, 2.05) is 18.0 Å². The molecule has 0 aromatic heterocycles. The van der Waals surface area contributed by atoms with Crippen LogP contribution in [0.1, 0.15) is 37.7 Å². The van der Waals surface area contributed by atoms with E-state index in [9.17, 15) is 4.79 Å². The van der Waals surface area contributed by atoms with Crippen molar-refractivity contribution in [1.82, 2.24) is 9.80 Å². The Morgan fingerprint density at radius 3 is 2.64 bits per heavy atom. The number of carbonyl (C=O) groups is 1. The van der Waals surface area contributed by atoms with Crippen LogP contribution in [-0.4, -0.2) is 48.4 Å². The van der Waals surface area contributed by atoms with E-state index in [2.05, 4.69) is 11.9 Å². The maximum atomic E-state index is 12.8. The van der Waals surface area contributed by atoms with Crippen molar-refractivity contribution >= 4 is 41.5 Å². The molecule has 1 saturated carbocycles. The number of fused-ring (bicyclic) bond motifs is 1. The minimum atomic E-state index is 0. The molecular weight excluding hydrogens is 379 g/mol. The van der Waals surface area contributed by atoms with Gasteiger partial charge in [0.1, 0.15) is 0 Å². The Morgan fingerprint density at radius 2 is 1.92 bits per heavy atom. The van der Waals surface area contributed by atoms with Crippen molar-refractivity contribution in [3.63, 3.8) is 0 Å². The topological polar surface area (TPSA) is 23.6 Å². The van der Waals surface area contributed by atoms with Crippen molar-refractivity contribution < 1.29 is 4.79 Å². The zero-order valence-corrected chi connectivity index (χ0v) is 17.2. The number of hydrogen-bond acceptors (Lipinski definition) is 2. The largest absolute Gasteiger partial charge is 0.341 e. The summed E-state index contributed by atoms with van der Waals surface area (Å²) >= 11 is 12.0. The molecule has 0 spiro atoms. The fourth-order valence-electron chi connectivity index (χ4n) is 4.52. The Kier molecular flexibility index (Phi) is 7.45. The average Bonchev–Trinajstić information content (AvgIpc) is 2.57. The van der Waals surface area contributed by atoms with Crippen LogP contribution < -0.4 is 0 Å². The van der Waals surface area contributed by atoms with Crippen LogP contribution in [0.2, 0.25) is 10.0 Å². The Bertz CT molecular complexity index is 608. The number of halogens is 3. The normalized spacial score (nSPS) is 26.5. The van der Waals surface area contributed by atoms with Gasteiger partial charge in [-0.2, -0.15) is 0 Å². The standard InChI is InChI=1S/C19H26Cl2N2O.ClH/c1-22-10-4-6-14-5-3-7-17(19(14)22)23(2)18(24)12-13-8-9-15(20)16(21)11-13;/h8-9,11,14,17,19H,3-7,10,12H2,1-2H3;1H. The van der Waals surface area contributed by atoms with Crippen LogP contribution >= 0.6 is 35.6 Å². The zero-order chi connectivity index (χ0) is 17.3. The molecule has 3 rings (SSSR count). The predicted octanol–water partition coefficient (Wildman–Crippen LogP) is 4.68. The quantitative estimate of drug-likeness (QED) is 0.729. The highest BCUT2D eigenvalue weighted by molar-refractivity contribution is 6.42. The number of hydrogen-bond donors (Lipinski definition) is 0. The number of amides is 1. The van der Waals surface area contributed by atoms with Crippen LogP contribution in [0, 0.1) is 5.92 Å². The first-order valence-electron chi connectivity index (χ1n) is 8.87. The lowest BCUT2D eigenvalue weighted by Crippen LogP contribution is -2.58. The third-order valence-electron chi connectivity index (χ3n) is 5.78. The molecule has 1 amide bonds. The number of likely N-dealkylation sites (N-methyl/N-ethyl adjacent to an activating group) is 2. The van der Waals surface area contributed by atoms with Crippen LogP contribution in [0.15, 0.2) is 18.2 Å². The second-order valence-corrected chi connectivity index (χ2v) is 8.12. The molecule has 1 aliphatic heterocycles. The van der Waals surface area contributed by atoms with Gasteiger partial charge in [-0.3, -0.25) is 4.79 Å². The zero-order valence-electron chi connectivity index (χ0n) is 14.9. The molecule has 2 fully saturated rings. The summed E-state index contributed by atoms with van der Waals surface area (Å²) in [7, 11) is 4.18. The fourth-order valence-corrected chi connectivity index (χ4v) is 4.84. The molecule has 0 N–H and O–H groups in total. The highest BCUT2D eigenvalue weighted by Crippen LogP contribution is 2.36. The summed E-state index contributed by atoms with van der Waals surface area (Å²) in [6.07, 6.45) is 6.61. The molecule has 0 radical (unpaired) electrons. The van der Waals surface area contributed by atoms with E-state index in [-0.39, 0.29) is 18.3 Å². The molecule has 3 unspecified atom stereocenters. The summed E-state index contributed by atoms with van der Waals surface area (Å²) in [5, 5.41) is 1.04. The van der Waals surface area contributed by atoms with Gasteiger partial charge in [0.05, 0.1) is 16.5 Å². The summed E-state index contributed by atoms with van der Waals surface area (Å²) in [5.41, 5.74) is 0.922. The van der Waals surface area contributed by atoms with Gasteiger partial charge in [-0.05, 0) is 62.9 Å². The lowest BCUT2D eigenvalue weighted by atomic mass is 9.75. The Morgan fingerprint density at radius 1 is 1.20 bits per heavy atom. The molecule has 25 heavy (non-hydrogen) atoms. The summed E-state index contributed by atoms with van der Waals surface area (Å²) < 4.78 is 0. The van der Waals surface area contributed by atoms with Crippen LogP contribution in [0.3, 0.4) is 0 Å². The predicted molar refractivity (Wildman–Crippen MR) is 107 cm³/mol. The van der Waals surface area contributed by atoms with Gasteiger partial charge in [0.15, 0.2) is 0 Å². The highest BCUT2D eigenvalue weighted by atomic mass is 35.5. The van der Waals surface area contributed by atoms with Crippen molar-refractivity contribution in [1.29, 1.82) is 0 Å². The molecule has 1 heterocycles. The molecule has 1 saturated heterocycles. The van der Waals surface area contributed by atoms with Crippen LogP contribution in [-0.2, 0) is 11.2 Å². The molecule has 3 nitrogen and oxygen atoms in total. The summed E-state index contributed by atoms with van der Waals surface area (Å²) in [5.74, 6) is 0.903. The van der Waals surface area contributed by atoms with E-state index in [0.29, 0.717) is 28.5 Å². The lowest BCUT2D eigenvalue weighted by Gasteiger charge is -2.49. The second kappa shape index (κ2) is 8.94. The van der Waals surface area contributed by atoms with Gasteiger partial charge in [-0.15, -0.1) is 12.4 Å². The third-order valence-corrected chi connectivity index (χ3v) is 6.52. The third kappa shape index (κ3) is 4.63. The van der Waals surface area contributed by atoms with E-state index in [4.69, 9.17) is 23.2 Å². The van der Waals surface area contributed by atoms with Crippen molar-refractivity contribution in [2.45, 2.75) is 50.6 Å². The first kappa shape index (κ1) is 20.8. The van der Waals surface area contributed by atoms with Gasteiger partial charge in [0, 0.05) is 19.1 Å². The molecule has 6 heteroatoms. The number of benzene rings is 1. The van der Waals surface area contributed by atoms with Crippen molar-refractivity contribution in [3.8, 4) is 0 Å². The molecule has 1 aromatic carbocycles. The Balaban J connectivity index is 0.00000225. The van der Waals surface area contributed by atoms with E-state index < -0.39 is 0 Å². The number of piperidine rings is 1. The summed E-state index contributed by atoms with van der Waals surface area (Å²) in [6.45, 7) is 1.15. The minimum absolute atomic E-state index is 0. The van der Waals surface area contributed by atoms with Gasteiger partial charge >= 0.3 is 0 Å². The molecule has 0 bridgehead atoms. The maximum absolute atomic E-state index is 12.8. The highest BCUT2D eigenvalue weighted by Gasteiger charge is 2.40. The van der Waals surface area contributed by atoms with Gasteiger partial charge in [-0.1, -0.05) is 35.7 Å². The van der Waals surface area contributed by atoms with Gasteiger partial charge in [0.2, 0.25) is 5.91 Å². The van der Waals surface area contributed by atoms with Crippen LogP contribution in [0.5, 0.6) is 0 Å². The minimum Gasteiger partial charge on any atom is -0.341 e. The second-order valence-electron chi connectivity index (χ2n) is 7.30. The number of nitrogens with zero attached hydrogens (tertiary/aromatic N) is 2. The monoisotopic (exact) mass is 404 g/mol. The summed E-state index contributed by atoms with van der Waals surface area (Å²) in [4.78, 5) is 17.3. The molecule has 140 valence electrons. The van der Waals surface area contributed by atoms with Crippen LogP contribution in [0.25, 0.3) is 0 Å². The van der Waals surface area contributed by atoms with E-state index >= 15 is 0 Å². The molecule has 1 aliphatic carbocycles. The number of rotatable bonds is 3. The van der Waals surface area contributed by atoms with Crippen LogP contribution in [0.4, 0.5) is 0 Å². The molecule has 1 aromatic rings. The SMILES string of the molecule is CN1CCCC2CCCC(N(C)C(=O)Cc3ccc(Cl)c(Cl)c3)C21.Cl. The van der Waals surface area contributed by atoms with E-state index in [1.54, 1.807) is 12.1 Å². The number of likely N-dealkylation sites (tertiary alicyclic amines) is 1. The fraction of sp³-hybridized carbons (Fsp3) is 0.632. The average molecular weight is 406 g/mol. The van der Waals surface area contributed by atoms with Gasteiger partial charge in [0.25, 0.3) is 0 Å². The maximum Gasteiger partial charge on any atom is 0.227 e. The van der Waals surface area contributed by atoms with E-state index in [0.717, 1.165) is 24.4 Å². The first-order valence-corrected chi connectivity index (χ1v) is 9.63. The Labute approximate surface area is 167 Å². The van der Waals surface area contributed by atoms with Crippen molar-refractivity contribution in [2.24, 2.45) is 5.92 Å². The van der Waals surface area contributed by atoms with E-state index in [1.165, 1.54) is 25.7 Å². The lowest BCUT2D eigenvalue weighted by molar-refractivity contribution is -0.134. The van der Waals surface area contributed by atoms with Gasteiger partial charge in [-0.25, -0.2) is 0 Å². The molecular formula is C19H27Cl3N2O. The van der Waals surface area contributed by atoms with Crippen molar-refractivity contribution in [2.75, 3.05) is 20.6 Å². The number of carbonyl (C=O) groups excluding carboxylic acids is 1. The van der Waals surface area contributed by atoms with Crippen molar-refractivity contribution in [3.05, 3.63) is 33.8 Å². The first-order chi connectivity index (χ1) is 11.5.